The quantitative estimate of drug-likeness (QED) is 0.778. The van der Waals surface area contributed by atoms with E-state index in [4.69, 9.17) is 4.74 Å². The lowest BCUT2D eigenvalue weighted by Gasteiger charge is -2.01. The molecule has 0 radical (unpaired) electrons. The van der Waals surface area contributed by atoms with Gasteiger partial charge in [0.1, 0.15) is 12.4 Å². The SMILES string of the molecule is CCOCc1nc2nccnc2c(=O)[nH]1. The summed E-state index contributed by atoms with van der Waals surface area (Å²) in [5.74, 6) is 0.467. The van der Waals surface area contributed by atoms with Gasteiger partial charge in [-0.15, -0.1) is 0 Å². The van der Waals surface area contributed by atoms with Crippen molar-refractivity contribution in [2.75, 3.05) is 6.61 Å². The van der Waals surface area contributed by atoms with Gasteiger partial charge >= 0.3 is 0 Å². The van der Waals surface area contributed by atoms with E-state index in [1.54, 1.807) is 0 Å². The lowest BCUT2D eigenvalue weighted by molar-refractivity contribution is 0.128. The largest absolute Gasteiger partial charge is 0.374 e. The molecule has 0 saturated heterocycles. The van der Waals surface area contributed by atoms with Crippen molar-refractivity contribution >= 4 is 11.2 Å². The smallest absolute Gasteiger partial charge is 0.279 e. The van der Waals surface area contributed by atoms with Gasteiger partial charge in [-0.3, -0.25) is 4.79 Å². The van der Waals surface area contributed by atoms with Crippen LogP contribution in [0.1, 0.15) is 12.7 Å². The Hall–Kier alpha value is -1.82. The van der Waals surface area contributed by atoms with Crippen LogP contribution in [-0.2, 0) is 11.3 Å². The van der Waals surface area contributed by atoms with E-state index in [-0.39, 0.29) is 17.7 Å². The van der Waals surface area contributed by atoms with Gasteiger partial charge in [0.2, 0.25) is 0 Å². The monoisotopic (exact) mass is 206 g/mol. The van der Waals surface area contributed by atoms with Crippen molar-refractivity contribution < 1.29 is 4.74 Å². The third kappa shape index (κ3) is 1.99. The van der Waals surface area contributed by atoms with Crippen LogP contribution in [0.5, 0.6) is 0 Å². The molecule has 6 heteroatoms. The minimum Gasteiger partial charge on any atom is -0.374 e. The highest BCUT2D eigenvalue weighted by Crippen LogP contribution is 1.99. The molecular weight excluding hydrogens is 196 g/mol. The molecule has 0 aromatic carbocycles. The number of nitrogens with one attached hydrogen (secondary N) is 1. The first kappa shape index (κ1) is 9.72. The highest BCUT2D eigenvalue weighted by Gasteiger charge is 2.04. The molecule has 0 atom stereocenters. The van der Waals surface area contributed by atoms with Crippen molar-refractivity contribution in [3.63, 3.8) is 0 Å². The van der Waals surface area contributed by atoms with Gasteiger partial charge in [-0.2, -0.15) is 0 Å². The van der Waals surface area contributed by atoms with Gasteiger partial charge in [0.05, 0.1) is 0 Å². The molecule has 0 fully saturated rings. The summed E-state index contributed by atoms with van der Waals surface area (Å²) in [7, 11) is 0. The molecule has 0 bridgehead atoms. The lowest BCUT2D eigenvalue weighted by Crippen LogP contribution is -2.14. The van der Waals surface area contributed by atoms with Crippen LogP contribution in [0.25, 0.3) is 11.2 Å². The Balaban J connectivity index is 2.48. The van der Waals surface area contributed by atoms with Gasteiger partial charge in [0.25, 0.3) is 5.56 Å². The van der Waals surface area contributed by atoms with Gasteiger partial charge in [-0.1, -0.05) is 0 Å². The topological polar surface area (TPSA) is 80.8 Å². The summed E-state index contributed by atoms with van der Waals surface area (Å²) in [4.78, 5) is 26.1. The molecule has 78 valence electrons. The Morgan fingerprint density at radius 3 is 3.00 bits per heavy atom. The molecule has 1 N–H and O–H groups in total. The van der Waals surface area contributed by atoms with Gasteiger partial charge in [0.15, 0.2) is 11.2 Å². The van der Waals surface area contributed by atoms with Crippen LogP contribution >= 0.6 is 0 Å². The van der Waals surface area contributed by atoms with Crippen molar-refractivity contribution in [1.29, 1.82) is 0 Å². The van der Waals surface area contributed by atoms with E-state index < -0.39 is 0 Å². The van der Waals surface area contributed by atoms with E-state index in [0.717, 1.165) is 0 Å². The molecule has 0 aliphatic carbocycles. The number of nitrogens with zero attached hydrogens (tertiary/aromatic N) is 3. The molecule has 2 aromatic heterocycles. The van der Waals surface area contributed by atoms with Crippen molar-refractivity contribution in [3.8, 4) is 0 Å². The molecule has 0 aliphatic rings. The Bertz CT molecular complexity index is 523. The first-order chi connectivity index (χ1) is 7.31. The normalized spacial score (nSPS) is 10.7. The maximum atomic E-state index is 11.5. The molecule has 0 spiro atoms. The zero-order valence-corrected chi connectivity index (χ0v) is 8.23. The number of hydrogen-bond donors (Lipinski definition) is 1. The maximum absolute atomic E-state index is 11.5. The first-order valence-electron chi connectivity index (χ1n) is 4.59. The predicted octanol–water partition coefficient (Wildman–Crippen LogP) is 0.250. The van der Waals surface area contributed by atoms with Crippen LogP contribution in [0.3, 0.4) is 0 Å². The fourth-order valence-corrected chi connectivity index (χ4v) is 1.19. The van der Waals surface area contributed by atoms with Gasteiger partial charge in [0, 0.05) is 19.0 Å². The standard InChI is InChI=1S/C9H10N4O2/c1-2-15-5-6-12-8-7(9(14)13-6)10-3-4-11-8/h3-4H,2,5H2,1H3,(H,11,12,13,14). The number of fused-ring (bicyclic) bond motifs is 1. The van der Waals surface area contributed by atoms with Crippen molar-refractivity contribution in [2.45, 2.75) is 13.5 Å². The minimum atomic E-state index is -0.289. The Kier molecular flexibility index (Phi) is 2.68. The van der Waals surface area contributed by atoms with Gasteiger partial charge in [-0.25, -0.2) is 15.0 Å². The van der Waals surface area contributed by atoms with Crippen LogP contribution in [0, 0.1) is 0 Å². The van der Waals surface area contributed by atoms with E-state index in [2.05, 4.69) is 19.9 Å². The summed E-state index contributed by atoms with van der Waals surface area (Å²) in [6.07, 6.45) is 2.96. The molecule has 0 amide bonds. The molecule has 0 unspecified atom stereocenters. The van der Waals surface area contributed by atoms with E-state index in [1.807, 2.05) is 6.92 Å². The Morgan fingerprint density at radius 2 is 2.20 bits per heavy atom. The fraction of sp³-hybridized carbons (Fsp3) is 0.333. The molecule has 2 heterocycles. The summed E-state index contributed by atoms with van der Waals surface area (Å²) >= 11 is 0. The molecule has 6 nitrogen and oxygen atoms in total. The second-order valence-corrected chi connectivity index (χ2v) is 2.88. The van der Waals surface area contributed by atoms with E-state index in [9.17, 15) is 4.79 Å². The molecule has 0 saturated carbocycles. The van der Waals surface area contributed by atoms with Gasteiger partial charge in [-0.05, 0) is 6.92 Å². The predicted molar refractivity (Wildman–Crippen MR) is 53.3 cm³/mol. The van der Waals surface area contributed by atoms with Crippen LogP contribution in [0.2, 0.25) is 0 Å². The van der Waals surface area contributed by atoms with E-state index in [1.165, 1.54) is 12.4 Å². The highest BCUT2D eigenvalue weighted by molar-refractivity contribution is 5.67. The van der Waals surface area contributed by atoms with Crippen molar-refractivity contribution in [2.24, 2.45) is 0 Å². The van der Waals surface area contributed by atoms with E-state index in [0.29, 0.717) is 18.1 Å². The molecule has 2 aromatic rings. The lowest BCUT2D eigenvalue weighted by atomic mass is 10.5. The van der Waals surface area contributed by atoms with Gasteiger partial charge < -0.3 is 9.72 Å². The number of rotatable bonds is 3. The second-order valence-electron chi connectivity index (χ2n) is 2.88. The number of hydrogen-bond acceptors (Lipinski definition) is 5. The number of aromatic amines is 1. The zero-order valence-electron chi connectivity index (χ0n) is 8.23. The summed E-state index contributed by atoms with van der Waals surface area (Å²) < 4.78 is 5.14. The maximum Gasteiger partial charge on any atom is 0.279 e. The van der Waals surface area contributed by atoms with Crippen LogP contribution < -0.4 is 5.56 Å². The molecule has 0 aliphatic heterocycles. The molecular formula is C9H10N4O2. The molecule has 15 heavy (non-hydrogen) atoms. The third-order valence-corrected chi connectivity index (χ3v) is 1.84. The van der Waals surface area contributed by atoms with E-state index >= 15 is 0 Å². The van der Waals surface area contributed by atoms with Crippen LogP contribution in [-0.4, -0.2) is 26.5 Å². The summed E-state index contributed by atoms with van der Waals surface area (Å²) in [6, 6.07) is 0. The summed E-state index contributed by atoms with van der Waals surface area (Å²) in [6.45, 7) is 2.72. The number of H-pyrrole nitrogens is 1. The first-order valence-corrected chi connectivity index (χ1v) is 4.59. The fourth-order valence-electron chi connectivity index (χ4n) is 1.19. The van der Waals surface area contributed by atoms with Crippen LogP contribution in [0.4, 0.5) is 0 Å². The Labute approximate surface area is 85.4 Å². The highest BCUT2D eigenvalue weighted by atomic mass is 16.5. The summed E-state index contributed by atoms with van der Waals surface area (Å²) in [5.41, 5.74) is 0.302. The zero-order chi connectivity index (χ0) is 10.7. The van der Waals surface area contributed by atoms with Crippen molar-refractivity contribution in [1.82, 2.24) is 19.9 Å². The number of aromatic nitrogens is 4. The average Bonchev–Trinajstić information content (AvgIpc) is 2.26. The second kappa shape index (κ2) is 4.14. The van der Waals surface area contributed by atoms with Crippen LogP contribution in [0.15, 0.2) is 17.2 Å². The number of ether oxygens (including phenoxy) is 1. The average molecular weight is 206 g/mol. The molecule has 2 rings (SSSR count). The summed E-state index contributed by atoms with van der Waals surface area (Å²) in [5, 5.41) is 0. The third-order valence-electron chi connectivity index (χ3n) is 1.84. The minimum absolute atomic E-state index is 0.248. The Morgan fingerprint density at radius 1 is 1.40 bits per heavy atom. The van der Waals surface area contributed by atoms with Crippen molar-refractivity contribution in [3.05, 3.63) is 28.6 Å².